The summed E-state index contributed by atoms with van der Waals surface area (Å²) in [7, 11) is 0. The van der Waals surface area contributed by atoms with Crippen LogP contribution in [0.5, 0.6) is 0 Å². The van der Waals surface area contributed by atoms with Crippen LogP contribution in [0.1, 0.15) is 18.9 Å². The molecule has 0 aliphatic heterocycles. The average Bonchev–Trinajstić information content (AvgIpc) is 2.89. The summed E-state index contributed by atoms with van der Waals surface area (Å²) < 4.78 is 1.83. The molecule has 0 amide bonds. The zero-order chi connectivity index (χ0) is 13.7. The summed E-state index contributed by atoms with van der Waals surface area (Å²) in [6.45, 7) is 2.52. The molecule has 2 N–H and O–H groups in total. The van der Waals surface area contributed by atoms with Crippen LogP contribution in [0.15, 0.2) is 42.7 Å². The molecule has 1 unspecified atom stereocenters. The van der Waals surface area contributed by atoms with Crippen LogP contribution in [0.3, 0.4) is 0 Å². The van der Waals surface area contributed by atoms with Crippen molar-refractivity contribution in [3.63, 3.8) is 0 Å². The maximum atomic E-state index is 11.0. The first kappa shape index (κ1) is 13.1. The average molecular weight is 259 g/mol. The van der Waals surface area contributed by atoms with Crippen LogP contribution in [0.2, 0.25) is 0 Å². The van der Waals surface area contributed by atoms with Gasteiger partial charge < -0.3 is 10.4 Å². The van der Waals surface area contributed by atoms with Gasteiger partial charge >= 0.3 is 5.97 Å². The molecule has 0 aliphatic rings. The van der Waals surface area contributed by atoms with E-state index < -0.39 is 12.0 Å². The number of carboxylic acids is 1. The highest BCUT2D eigenvalue weighted by Gasteiger charge is 2.14. The van der Waals surface area contributed by atoms with Crippen molar-refractivity contribution in [1.82, 2.24) is 9.78 Å². The van der Waals surface area contributed by atoms with Crippen LogP contribution in [0.25, 0.3) is 0 Å². The van der Waals surface area contributed by atoms with Crippen LogP contribution >= 0.6 is 0 Å². The van der Waals surface area contributed by atoms with Gasteiger partial charge in [-0.15, -0.1) is 0 Å². The lowest BCUT2D eigenvalue weighted by molar-refractivity contribution is -0.137. The molecule has 0 aliphatic carbocycles. The van der Waals surface area contributed by atoms with Crippen molar-refractivity contribution in [2.45, 2.75) is 25.9 Å². The number of aliphatic carboxylic acids is 1. The molecule has 0 saturated carbocycles. The second-order valence-corrected chi connectivity index (χ2v) is 4.35. The van der Waals surface area contributed by atoms with Crippen molar-refractivity contribution in [3.05, 3.63) is 48.3 Å². The number of benzene rings is 1. The van der Waals surface area contributed by atoms with Gasteiger partial charge in [0.2, 0.25) is 0 Å². The summed E-state index contributed by atoms with van der Waals surface area (Å²) in [4.78, 5) is 11.0. The van der Waals surface area contributed by atoms with Gasteiger partial charge in [-0.1, -0.05) is 19.1 Å². The first-order chi connectivity index (χ1) is 9.19. The van der Waals surface area contributed by atoms with E-state index in [1.807, 2.05) is 48.1 Å². The Morgan fingerprint density at radius 2 is 2.32 bits per heavy atom. The minimum atomic E-state index is -0.833. The highest BCUT2D eigenvalue weighted by Crippen LogP contribution is 2.14. The third-order valence-corrected chi connectivity index (χ3v) is 2.88. The fraction of sp³-hybridized carbons (Fsp3) is 0.286. The fourth-order valence-electron chi connectivity index (χ4n) is 1.88. The van der Waals surface area contributed by atoms with E-state index in [-0.39, 0.29) is 0 Å². The van der Waals surface area contributed by atoms with E-state index in [2.05, 4.69) is 10.4 Å². The number of hydrogen-bond donors (Lipinski definition) is 2. The van der Waals surface area contributed by atoms with Crippen LogP contribution < -0.4 is 5.32 Å². The number of anilines is 1. The van der Waals surface area contributed by atoms with Gasteiger partial charge in [-0.25, -0.2) is 4.79 Å². The summed E-state index contributed by atoms with van der Waals surface area (Å²) in [6.07, 6.45) is 4.17. The molecular formula is C14H17N3O2. The molecule has 0 radical (unpaired) electrons. The molecule has 5 heteroatoms. The minimum absolute atomic E-state index is 0.540. The molecule has 0 spiro atoms. The van der Waals surface area contributed by atoms with E-state index in [9.17, 15) is 4.79 Å². The zero-order valence-corrected chi connectivity index (χ0v) is 10.8. The van der Waals surface area contributed by atoms with E-state index in [0.717, 1.165) is 11.3 Å². The summed E-state index contributed by atoms with van der Waals surface area (Å²) in [5, 5.41) is 16.2. The maximum Gasteiger partial charge on any atom is 0.326 e. The molecule has 1 heterocycles. The van der Waals surface area contributed by atoms with Gasteiger partial charge in [0.05, 0.1) is 6.54 Å². The third-order valence-electron chi connectivity index (χ3n) is 2.88. The molecule has 100 valence electrons. The molecule has 5 nitrogen and oxygen atoms in total. The van der Waals surface area contributed by atoms with Crippen molar-refractivity contribution in [3.8, 4) is 0 Å². The van der Waals surface area contributed by atoms with Gasteiger partial charge in [-0.3, -0.25) is 4.68 Å². The third kappa shape index (κ3) is 3.58. The Morgan fingerprint density at radius 1 is 1.47 bits per heavy atom. The van der Waals surface area contributed by atoms with Crippen molar-refractivity contribution < 1.29 is 9.90 Å². The van der Waals surface area contributed by atoms with Gasteiger partial charge in [-0.05, 0) is 30.2 Å². The van der Waals surface area contributed by atoms with Gasteiger partial charge in [0.25, 0.3) is 0 Å². The topological polar surface area (TPSA) is 67.2 Å². The Balaban J connectivity index is 2.08. The highest BCUT2D eigenvalue weighted by atomic mass is 16.4. The molecule has 2 aromatic rings. The smallest absolute Gasteiger partial charge is 0.326 e. The van der Waals surface area contributed by atoms with Crippen molar-refractivity contribution in [2.24, 2.45) is 0 Å². The molecule has 1 atom stereocenters. The Bertz CT molecular complexity index is 537. The van der Waals surface area contributed by atoms with Gasteiger partial charge in [0.15, 0.2) is 0 Å². The highest BCUT2D eigenvalue weighted by molar-refractivity contribution is 5.77. The van der Waals surface area contributed by atoms with E-state index in [1.54, 1.807) is 6.20 Å². The Labute approximate surface area is 111 Å². The van der Waals surface area contributed by atoms with Gasteiger partial charge in [0, 0.05) is 18.1 Å². The number of aromatic nitrogens is 2. The molecule has 2 rings (SSSR count). The fourth-order valence-corrected chi connectivity index (χ4v) is 1.88. The molecule has 0 saturated heterocycles. The van der Waals surface area contributed by atoms with E-state index in [0.29, 0.717) is 13.0 Å². The Hall–Kier alpha value is -2.30. The summed E-state index contributed by atoms with van der Waals surface area (Å²) in [6, 6.07) is 9.05. The lowest BCUT2D eigenvalue weighted by Crippen LogP contribution is -2.28. The quantitative estimate of drug-likeness (QED) is 0.834. The number of nitrogens with one attached hydrogen (secondary N) is 1. The second-order valence-electron chi connectivity index (χ2n) is 4.35. The van der Waals surface area contributed by atoms with Crippen LogP contribution in [-0.4, -0.2) is 26.9 Å². The minimum Gasteiger partial charge on any atom is -0.480 e. The number of nitrogens with zero attached hydrogens (tertiary/aromatic N) is 2. The lowest BCUT2D eigenvalue weighted by atomic mass is 10.1. The van der Waals surface area contributed by atoms with Gasteiger partial charge in [-0.2, -0.15) is 5.10 Å². The van der Waals surface area contributed by atoms with Crippen LogP contribution in [0.4, 0.5) is 5.69 Å². The maximum absolute atomic E-state index is 11.0. The molecule has 19 heavy (non-hydrogen) atoms. The largest absolute Gasteiger partial charge is 0.480 e. The number of carboxylic acid groups (broad SMARTS) is 1. The second kappa shape index (κ2) is 6.04. The van der Waals surface area contributed by atoms with Crippen LogP contribution in [-0.2, 0) is 11.3 Å². The van der Waals surface area contributed by atoms with Crippen molar-refractivity contribution >= 4 is 11.7 Å². The first-order valence-electron chi connectivity index (χ1n) is 6.24. The number of rotatable bonds is 6. The predicted octanol–water partition coefficient (Wildman–Crippen LogP) is 2.21. The van der Waals surface area contributed by atoms with Crippen molar-refractivity contribution in [1.29, 1.82) is 0 Å². The van der Waals surface area contributed by atoms with E-state index in [4.69, 9.17) is 5.11 Å². The molecular weight excluding hydrogens is 242 g/mol. The van der Waals surface area contributed by atoms with E-state index in [1.165, 1.54) is 0 Å². The summed E-state index contributed by atoms with van der Waals surface area (Å²) >= 11 is 0. The Kier molecular flexibility index (Phi) is 4.18. The molecule has 1 aromatic heterocycles. The predicted molar refractivity (Wildman–Crippen MR) is 73.1 cm³/mol. The number of hydrogen-bond acceptors (Lipinski definition) is 3. The monoisotopic (exact) mass is 259 g/mol. The van der Waals surface area contributed by atoms with Gasteiger partial charge in [0.1, 0.15) is 6.04 Å². The molecule has 1 aromatic carbocycles. The SMILES string of the molecule is CCC(Nc1cccc(Cn2cccn2)c1)C(=O)O. The summed E-state index contributed by atoms with van der Waals surface area (Å²) in [5.41, 5.74) is 1.90. The van der Waals surface area contributed by atoms with Crippen molar-refractivity contribution in [2.75, 3.05) is 5.32 Å². The summed E-state index contributed by atoms with van der Waals surface area (Å²) in [5.74, 6) is -0.833. The lowest BCUT2D eigenvalue weighted by Gasteiger charge is -2.14. The Morgan fingerprint density at radius 3 is 2.95 bits per heavy atom. The van der Waals surface area contributed by atoms with Crippen LogP contribution in [0, 0.1) is 0 Å². The van der Waals surface area contributed by atoms with E-state index >= 15 is 0 Å². The first-order valence-corrected chi connectivity index (χ1v) is 6.24. The normalized spacial score (nSPS) is 12.1. The standard InChI is InChI=1S/C14H17N3O2/c1-2-13(14(18)19)16-12-6-3-5-11(9-12)10-17-8-4-7-15-17/h3-9,13,16H,2,10H2,1H3,(H,18,19). The molecule has 0 fully saturated rings. The zero-order valence-electron chi connectivity index (χ0n) is 10.8. The number of carbonyl (C=O) groups is 1. The molecule has 0 bridgehead atoms.